The first-order valence-electron chi connectivity index (χ1n) is 12.0. The predicted octanol–water partition coefficient (Wildman–Crippen LogP) is 6.43. The highest BCUT2D eigenvalue weighted by Crippen LogP contribution is 2.54. The van der Waals surface area contributed by atoms with Gasteiger partial charge in [-0.3, -0.25) is 4.79 Å². The standard InChI is InChI=1S/C28H31FN4O/c1-6-28(19-9-7-8-18(10-19)23-15-30-16-33(23)17(2)3)21-11-20(29)14-31-26(21)32-22-12-27(4,5)13-24(34)25(22)28/h7-11,14-17H,6,12-13H2,1-5H3,(H,31,32)/t28-/m0/s1. The zero-order valence-corrected chi connectivity index (χ0v) is 20.4. The van der Waals surface area contributed by atoms with Crippen LogP contribution in [-0.4, -0.2) is 20.3 Å². The van der Waals surface area contributed by atoms with Crippen molar-refractivity contribution in [3.8, 4) is 11.3 Å². The number of fused-ring (bicyclic) bond motifs is 1. The lowest BCUT2D eigenvalue weighted by Gasteiger charge is -2.46. The number of halogens is 1. The van der Waals surface area contributed by atoms with E-state index in [1.54, 1.807) is 6.07 Å². The quantitative estimate of drug-likeness (QED) is 0.489. The molecule has 1 aliphatic heterocycles. The molecule has 3 aromatic rings. The minimum atomic E-state index is -0.780. The first-order valence-corrected chi connectivity index (χ1v) is 12.0. The Morgan fingerprint density at radius 3 is 2.71 bits per heavy atom. The van der Waals surface area contributed by atoms with Crippen molar-refractivity contribution in [2.45, 2.75) is 65.3 Å². The molecule has 0 fully saturated rings. The molecule has 2 aliphatic rings. The van der Waals surface area contributed by atoms with E-state index in [9.17, 15) is 9.18 Å². The lowest BCUT2D eigenvalue weighted by molar-refractivity contribution is -0.118. The van der Waals surface area contributed by atoms with Crippen molar-refractivity contribution in [1.29, 1.82) is 0 Å². The molecule has 176 valence electrons. The molecule has 6 heteroatoms. The third kappa shape index (κ3) is 3.39. The van der Waals surface area contributed by atoms with Crippen LogP contribution in [0.5, 0.6) is 0 Å². The number of pyridine rings is 1. The summed E-state index contributed by atoms with van der Waals surface area (Å²) in [5.74, 6) is 0.346. The molecule has 34 heavy (non-hydrogen) atoms. The van der Waals surface area contributed by atoms with Crippen molar-refractivity contribution in [3.63, 3.8) is 0 Å². The third-order valence-electron chi connectivity index (χ3n) is 7.29. The van der Waals surface area contributed by atoms with E-state index in [1.165, 1.54) is 6.20 Å². The van der Waals surface area contributed by atoms with Crippen LogP contribution in [0.2, 0.25) is 0 Å². The Morgan fingerprint density at radius 2 is 1.97 bits per heavy atom. The molecule has 0 spiro atoms. The molecule has 2 aromatic heterocycles. The van der Waals surface area contributed by atoms with Gasteiger partial charge >= 0.3 is 0 Å². The Labute approximate surface area is 200 Å². The van der Waals surface area contributed by atoms with Crippen LogP contribution in [0.4, 0.5) is 10.2 Å². The second-order valence-corrected chi connectivity index (χ2v) is 10.6. The average molecular weight is 459 g/mol. The van der Waals surface area contributed by atoms with Gasteiger partial charge in [0, 0.05) is 34.9 Å². The van der Waals surface area contributed by atoms with Gasteiger partial charge in [-0.1, -0.05) is 39.0 Å². The van der Waals surface area contributed by atoms with Crippen LogP contribution in [0.3, 0.4) is 0 Å². The van der Waals surface area contributed by atoms with Crippen LogP contribution >= 0.6 is 0 Å². The highest BCUT2D eigenvalue weighted by molar-refractivity contribution is 6.03. The van der Waals surface area contributed by atoms with Crippen molar-refractivity contribution in [1.82, 2.24) is 14.5 Å². The van der Waals surface area contributed by atoms with Crippen molar-refractivity contribution in [2.24, 2.45) is 5.41 Å². The fraction of sp³-hybridized carbons (Fsp3) is 0.393. The zero-order valence-electron chi connectivity index (χ0n) is 20.4. The van der Waals surface area contributed by atoms with E-state index in [4.69, 9.17) is 0 Å². The van der Waals surface area contributed by atoms with Crippen molar-refractivity contribution in [2.75, 3.05) is 5.32 Å². The summed E-state index contributed by atoms with van der Waals surface area (Å²) in [5.41, 5.74) is 4.46. The van der Waals surface area contributed by atoms with Crippen LogP contribution in [0.1, 0.15) is 71.0 Å². The molecular formula is C28H31FN4O. The molecule has 5 rings (SSSR count). The van der Waals surface area contributed by atoms with E-state index in [0.29, 0.717) is 18.7 Å². The molecule has 1 N–H and O–H groups in total. The number of Topliss-reactive ketones (excluding diaryl/α,β-unsaturated/α-hetero) is 1. The number of nitrogens with zero attached hydrogens (tertiary/aromatic N) is 3. The fourth-order valence-electron chi connectivity index (χ4n) is 5.82. The summed E-state index contributed by atoms with van der Waals surface area (Å²) in [6, 6.07) is 10.1. The fourth-order valence-corrected chi connectivity index (χ4v) is 5.82. The van der Waals surface area contributed by atoms with Gasteiger partial charge in [0.15, 0.2) is 5.78 Å². The average Bonchev–Trinajstić information content (AvgIpc) is 3.28. The molecule has 0 saturated carbocycles. The first-order chi connectivity index (χ1) is 16.2. The minimum absolute atomic E-state index is 0.119. The van der Waals surface area contributed by atoms with E-state index < -0.39 is 11.2 Å². The summed E-state index contributed by atoms with van der Waals surface area (Å²) in [6.07, 6.45) is 6.78. The number of aromatic nitrogens is 3. The topological polar surface area (TPSA) is 59.8 Å². The molecule has 5 nitrogen and oxygen atoms in total. The summed E-state index contributed by atoms with van der Waals surface area (Å²) < 4.78 is 16.7. The number of rotatable bonds is 4. The van der Waals surface area contributed by atoms with Gasteiger partial charge in [-0.05, 0) is 49.8 Å². The molecule has 0 saturated heterocycles. The van der Waals surface area contributed by atoms with Crippen LogP contribution in [0.15, 0.2) is 60.3 Å². The van der Waals surface area contributed by atoms with Gasteiger partial charge in [-0.25, -0.2) is 14.4 Å². The lowest BCUT2D eigenvalue weighted by atomic mass is 9.59. The molecule has 1 atom stereocenters. The number of carbonyl (C=O) groups is 1. The second kappa shape index (κ2) is 7.90. The van der Waals surface area contributed by atoms with Crippen molar-refractivity contribution < 1.29 is 9.18 Å². The number of hydrogen-bond acceptors (Lipinski definition) is 4. The number of anilines is 1. The van der Waals surface area contributed by atoms with Crippen LogP contribution < -0.4 is 5.32 Å². The molecule has 1 aromatic carbocycles. The molecule has 0 bridgehead atoms. The van der Waals surface area contributed by atoms with Gasteiger partial charge in [-0.2, -0.15) is 0 Å². The Kier molecular flexibility index (Phi) is 5.23. The number of hydrogen-bond donors (Lipinski definition) is 1. The van der Waals surface area contributed by atoms with Gasteiger partial charge in [0.2, 0.25) is 0 Å². The Hall–Kier alpha value is -3.28. The van der Waals surface area contributed by atoms with Gasteiger partial charge in [0.25, 0.3) is 0 Å². The lowest BCUT2D eigenvalue weighted by Crippen LogP contribution is -2.43. The molecule has 0 unspecified atom stereocenters. The number of allylic oxidation sites excluding steroid dienone is 2. The van der Waals surface area contributed by atoms with Crippen molar-refractivity contribution in [3.05, 3.63) is 77.3 Å². The Bertz CT molecular complexity index is 1320. The SMILES string of the molecule is CC[C@@]1(c2cccc(-c3cncn3C(C)C)c2)C2=C(CC(C)(C)CC2=O)Nc2ncc(F)cc21. The molecular weight excluding hydrogens is 427 g/mol. The summed E-state index contributed by atoms with van der Waals surface area (Å²) >= 11 is 0. The first kappa shape index (κ1) is 22.5. The molecule has 1 aliphatic carbocycles. The summed E-state index contributed by atoms with van der Waals surface area (Å²) in [7, 11) is 0. The van der Waals surface area contributed by atoms with Crippen LogP contribution in [0.25, 0.3) is 11.3 Å². The second-order valence-electron chi connectivity index (χ2n) is 10.6. The molecule has 3 heterocycles. The maximum atomic E-state index is 14.6. The Morgan fingerprint density at radius 1 is 1.18 bits per heavy atom. The van der Waals surface area contributed by atoms with E-state index in [0.717, 1.165) is 40.1 Å². The number of carbonyl (C=O) groups excluding carboxylic acids is 1. The minimum Gasteiger partial charge on any atom is -0.343 e. The van der Waals surface area contributed by atoms with E-state index in [-0.39, 0.29) is 17.2 Å². The highest BCUT2D eigenvalue weighted by Gasteiger charge is 2.50. The summed E-state index contributed by atoms with van der Waals surface area (Å²) in [6.45, 7) is 10.6. The predicted molar refractivity (Wildman–Crippen MR) is 132 cm³/mol. The van der Waals surface area contributed by atoms with E-state index in [1.807, 2.05) is 18.6 Å². The van der Waals surface area contributed by atoms with Crippen LogP contribution in [-0.2, 0) is 10.2 Å². The normalized spacial score (nSPS) is 21.3. The van der Waals surface area contributed by atoms with E-state index in [2.05, 4.69) is 72.7 Å². The van der Waals surface area contributed by atoms with Gasteiger partial charge in [0.05, 0.1) is 29.8 Å². The van der Waals surface area contributed by atoms with Gasteiger partial charge < -0.3 is 9.88 Å². The van der Waals surface area contributed by atoms with Gasteiger partial charge in [0.1, 0.15) is 11.6 Å². The zero-order chi connectivity index (χ0) is 24.3. The van der Waals surface area contributed by atoms with Crippen LogP contribution in [0, 0.1) is 11.2 Å². The maximum absolute atomic E-state index is 14.6. The third-order valence-corrected chi connectivity index (χ3v) is 7.29. The number of benzene rings is 1. The smallest absolute Gasteiger partial charge is 0.162 e. The maximum Gasteiger partial charge on any atom is 0.162 e. The largest absolute Gasteiger partial charge is 0.343 e. The van der Waals surface area contributed by atoms with Crippen molar-refractivity contribution >= 4 is 11.6 Å². The highest BCUT2D eigenvalue weighted by atomic mass is 19.1. The Balaban J connectivity index is 1.79. The molecule has 0 amide bonds. The number of imidazole rings is 1. The number of ketones is 1. The summed E-state index contributed by atoms with van der Waals surface area (Å²) in [4.78, 5) is 22.5. The molecule has 0 radical (unpaired) electrons. The monoisotopic (exact) mass is 458 g/mol. The number of nitrogens with one attached hydrogen (secondary N) is 1. The summed E-state index contributed by atoms with van der Waals surface area (Å²) in [5, 5.41) is 3.40. The van der Waals surface area contributed by atoms with Gasteiger partial charge in [-0.15, -0.1) is 0 Å². The van der Waals surface area contributed by atoms with E-state index >= 15 is 0 Å².